The van der Waals surface area contributed by atoms with Gasteiger partial charge in [-0.15, -0.1) is 9.24 Å². The zero-order valence-electron chi connectivity index (χ0n) is 18.5. The van der Waals surface area contributed by atoms with Crippen LogP contribution in [0.2, 0.25) is 0 Å². The fraction of sp³-hybridized carbons (Fsp3) is 0.478. The largest absolute Gasteiger partial charge is 0.487 e. The number of ether oxygens (including phenoxy) is 1. The van der Waals surface area contributed by atoms with Gasteiger partial charge in [-0.25, -0.2) is 14.2 Å². The average molecular weight is 447 g/mol. The van der Waals surface area contributed by atoms with E-state index in [0.29, 0.717) is 19.0 Å². The molecule has 3 atom stereocenters. The molecule has 0 radical (unpaired) electrons. The molecule has 0 fully saturated rings. The van der Waals surface area contributed by atoms with E-state index in [1.54, 1.807) is 11.0 Å². The van der Waals surface area contributed by atoms with Crippen LogP contribution in [0.15, 0.2) is 36.5 Å². The van der Waals surface area contributed by atoms with Crippen molar-refractivity contribution < 1.29 is 13.9 Å². The van der Waals surface area contributed by atoms with Crippen LogP contribution in [0.1, 0.15) is 33.6 Å². The number of carbonyl (C=O) groups is 1. The highest BCUT2D eigenvalue weighted by Crippen LogP contribution is 2.32. The second-order valence-corrected chi connectivity index (χ2v) is 8.76. The molecule has 31 heavy (non-hydrogen) atoms. The van der Waals surface area contributed by atoms with E-state index in [9.17, 15) is 9.18 Å². The minimum absolute atomic E-state index is 0.0518. The van der Waals surface area contributed by atoms with Gasteiger partial charge in [-0.05, 0) is 62.2 Å². The Morgan fingerprint density at radius 3 is 2.90 bits per heavy atom. The Morgan fingerprint density at radius 1 is 1.39 bits per heavy atom. The van der Waals surface area contributed by atoms with Gasteiger partial charge in [0.25, 0.3) is 0 Å². The number of aromatic nitrogens is 1. The summed E-state index contributed by atoms with van der Waals surface area (Å²) in [6.45, 7) is 9.02. The van der Waals surface area contributed by atoms with Gasteiger partial charge in [0.15, 0.2) is 0 Å². The van der Waals surface area contributed by atoms with E-state index in [2.05, 4.69) is 38.3 Å². The quantitative estimate of drug-likeness (QED) is 0.624. The molecule has 0 saturated carbocycles. The van der Waals surface area contributed by atoms with Crippen molar-refractivity contribution in [1.82, 2.24) is 10.3 Å². The molecule has 6 nitrogen and oxygen atoms in total. The third-order valence-electron chi connectivity index (χ3n) is 5.51. The van der Waals surface area contributed by atoms with Crippen LogP contribution in [0.4, 0.5) is 20.7 Å². The first-order valence-electron chi connectivity index (χ1n) is 10.9. The Kier molecular flexibility index (Phi) is 8.08. The highest BCUT2D eigenvalue weighted by molar-refractivity contribution is 7.27. The van der Waals surface area contributed by atoms with Gasteiger partial charge < -0.3 is 15.0 Å². The summed E-state index contributed by atoms with van der Waals surface area (Å²) < 4.78 is 19.0. The summed E-state index contributed by atoms with van der Waals surface area (Å²) in [5.74, 6) is 1.64. The van der Waals surface area contributed by atoms with Gasteiger partial charge in [0.05, 0.1) is 18.4 Å². The SMILES string of the molecule is CCN(CCC(C)CCNC(=O)N1CC(C)Oc2cc(P)ccc21)c1ccc(F)cn1. The lowest BCUT2D eigenvalue weighted by Crippen LogP contribution is -2.47. The van der Waals surface area contributed by atoms with Crippen LogP contribution in [0.3, 0.4) is 0 Å². The van der Waals surface area contributed by atoms with E-state index in [-0.39, 0.29) is 18.0 Å². The highest BCUT2D eigenvalue weighted by atomic mass is 31.0. The number of hydrogen-bond acceptors (Lipinski definition) is 4. The molecule has 0 saturated heterocycles. The summed E-state index contributed by atoms with van der Waals surface area (Å²) in [7, 11) is 2.65. The van der Waals surface area contributed by atoms with Gasteiger partial charge >= 0.3 is 6.03 Å². The first-order chi connectivity index (χ1) is 14.9. The molecule has 2 amide bonds. The first-order valence-corrected chi connectivity index (χ1v) is 11.4. The summed E-state index contributed by atoms with van der Waals surface area (Å²) in [6, 6.07) is 8.88. The Morgan fingerprint density at radius 2 is 2.19 bits per heavy atom. The molecular formula is C23H32FN4O2P. The van der Waals surface area contributed by atoms with Gasteiger partial charge in [0.2, 0.25) is 0 Å². The number of carbonyl (C=O) groups excluding carboxylic acids is 1. The predicted octanol–water partition coefficient (Wildman–Crippen LogP) is 3.96. The normalized spacial score (nSPS) is 16.3. The number of halogens is 1. The maximum atomic E-state index is 13.1. The minimum Gasteiger partial charge on any atom is -0.487 e. The number of fused-ring (bicyclic) bond motifs is 1. The third-order valence-corrected chi connectivity index (χ3v) is 5.87. The molecular weight excluding hydrogens is 414 g/mol. The van der Waals surface area contributed by atoms with Crippen molar-refractivity contribution in [3.05, 3.63) is 42.3 Å². The van der Waals surface area contributed by atoms with Crippen LogP contribution in [-0.4, -0.2) is 43.3 Å². The molecule has 1 aromatic carbocycles. The van der Waals surface area contributed by atoms with Crippen LogP contribution < -0.4 is 25.2 Å². The van der Waals surface area contributed by atoms with Crippen LogP contribution in [0.25, 0.3) is 0 Å². The van der Waals surface area contributed by atoms with Crippen molar-refractivity contribution in [1.29, 1.82) is 0 Å². The molecule has 2 heterocycles. The van der Waals surface area contributed by atoms with E-state index in [4.69, 9.17) is 4.74 Å². The summed E-state index contributed by atoms with van der Waals surface area (Å²) >= 11 is 0. The van der Waals surface area contributed by atoms with E-state index >= 15 is 0 Å². The summed E-state index contributed by atoms with van der Waals surface area (Å²) in [5.41, 5.74) is 0.806. The molecule has 0 spiro atoms. The number of nitrogens with zero attached hydrogens (tertiary/aromatic N) is 3. The zero-order valence-corrected chi connectivity index (χ0v) is 19.6. The molecule has 0 bridgehead atoms. The number of urea groups is 1. The van der Waals surface area contributed by atoms with Crippen molar-refractivity contribution in [2.24, 2.45) is 5.92 Å². The summed E-state index contributed by atoms with van der Waals surface area (Å²) in [5, 5.41) is 4.08. The number of hydrogen-bond donors (Lipinski definition) is 1. The van der Waals surface area contributed by atoms with E-state index in [1.165, 1.54) is 12.3 Å². The topological polar surface area (TPSA) is 57.7 Å². The van der Waals surface area contributed by atoms with Crippen LogP contribution >= 0.6 is 9.24 Å². The number of pyridine rings is 1. The molecule has 1 N–H and O–H groups in total. The second-order valence-electron chi connectivity index (χ2n) is 8.09. The van der Waals surface area contributed by atoms with Gasteiger partial charge in [-0.1, -0.05) is 13.0 Å². The Balaban J connectivity index is 1.46. The highest BCUT2D eigenvalue weighted by Gasteiger charge is 2.27. The van der Waals surface area contributed by atoms with Crippen molar-refractivity contribution in [2.75, 3.05) is 36.0 Å². The van der Waals surface area contributed by atoms with Gasteiger partial charge in [-0.3, -0.25) is 4.90 Å². The number of anilines is 2. The van der Waals surface area contributed by atoms with Crippen LogP contribution in [0, 0.1) is 11.7 Å². The Bertz CT molecular complexity index is 880. The molecule has 8 heteroatoms. The number of rotatable bonds is 8. The molecule has 2 aromatic rings. The fourth-order valence-corrected chi connectivity index (χ4v) is 3.93. The van der Waals surface area contributed by atoms with Crippen molar-refractivity contribution >= 4 is 32.1 Å². The number of benzene rings is 1. The molecule has 0 aliphatic carbocycles. The van der Waals surface area contributed by atoms with Crippen molar-refractivity contribution in [2.45, 2.75) is 39.7 Å². The fourth-order valence-electron chi connectivity index (χ4n) is 3.68. The predicted molar refractivity (Wildman–Crippen MR) is 127 cm³/mol. The summed E-state index contributed by atoms with van der Waals surface area (Å²) in [6.07, 6.45) is 3.06. The van der Waals surface area contributed by atoms with Crippen LogP contribution in [0.5, 0.6) is 5.75 Å². The molecule has 1 aliphatic heterocycles. The minimum atomic E-state index is -0.324. The molecule has 3 unspecified atom stereocenters. The lowest BCUT2D eigenvalue weighted by molar-refractivity contribution is 0.205. The molecule has 1 aromatic heterocycles. The first kappa shape index (κ1) is 23.3. The molecule has 1 aliphatic rings. The maximum absolute atomic E-state index is 13.1. The standard InChI is InChI=1S/C23H32FN4O2P/c1-4-27(22-8-5-18(24)14-26-22)12-10-16(2)9-11-25-23(29)28-15-17(3)30-21-13-19(31)6-7-20(21)28/h5-8,13-14,16-17H,4,9-12,15,31H2,1-3H3,(H,25,29). The second kappa shape index (κ2) is 10.8. The average Bonchev–Trinajstić information content (AvgIpc) is 2.74. The van der Waals surface area contributed by atoms with E-state index in [1.807, 2.05) is 25.1 Å². The lowest BCUT2D eigenvalue weighted by atomic mass is 10.0. The Labute approximate surface area is 186 Å². The van der Waals surface area contributed by atoms with Crippen LogP contribution in [-0.2, 0) is 0 Å². The zero-order chi connectivity index (χ0) is 22.4. The van der Waals surface area contributed by atoms with E-state index in [0.717, 1.165) is 48.5 Å². The monoisotopic (exact) mass is 446 g/mol. The van der Waals surface area contributed by atoms with E-state index < -0.39 is 0 Å². The Hall–Kier alpha value is -2.40. The number of nitrogens with one attached hydrogen (secondary N) is 1. The lowest BCUT2D eigenvalue weighted by Gasteiger charge is -2.33. The van der Waals surface area contributed by atoms with Crippen molar-refractivity contribution in [3.8, 4) is 5.75 Å². The summed E-state index contributed by atoms with van der Waals surface area (Å²) in [4.78, 5) is 20.9. The van der Waals surface area contributed by atoms with Crippen molar-refractivity contribution in [3.63, 3.8) is 0 Å². The smallest absolute Gasteiger partial charge is 0.322 e. The third kappa shape index (κ3) is 6.30. The van der Waals surface area contributed by atoms with Gasteiger partial charge in [0.1, 0.15) is 23.5 Å². The number of amides is 2. The molecule has 168 valence electrons. The van der Waals surface area contributed by atoms with Gasteiger partial charge in [-0.2, -0.15) is 0 Å². The molecule has 3 rings (SSSR count). The maximum Gasteiger partial charge on any atom is 0.322 e. The van der Waals surface area contributed by atoms with Gasteiger partial charge in [0, 0.05) is 19.6 Å².